The summed E-state index contributed by atoms with van der Waals surface area (Å²) >= 11 is 1.22. The molecule has 0 aliphatic heterocycles. The summed E-state index contributed by atoms with van der Waals surface area (Å²) in [5, 5.41) is 3.08. The van der Waals surface area contributed by atoms with Crippen LogP contribution in [0.25, 0.3) is 21.4 Å². The molecule has 30 heavy (non-hydrogen) atoms. The smallest absolute Gasteiger partial charge is 0.350 e. The summed E-state index contributed by atoms with van der Waals surface area (Å²) < 4.78 is 10.7. The zero-order chi connectivity index (χ0) is 21.1. The van der Waals surface area contributed by atoms with Gasteiger partial charge in [-0.15, -0.1) is 11.3 Å². The van der Waals surface area contributed by atoms with E-state index < -0.39 is 11.9 Å². The number of anilines is 1. The van der Waals surface area contributed by atoms with E-state index in [1.165, 1.54) is 11.3 Å². The predicted molar refractivity (Wildman–Crippen MR) is 116 cm³/mol. The molecule has 6 nitrogen and oxygen atoms in total. The van der Waals surface area contributed by atoms with E-state index in [-0.39, 0.29) is 22.7 Å². The highest BCUT2D eigenvalue weighted by Crippen LogP contribution is 2.35. The first kappa shape index (κ1) is 19.6. The van der Waals surface area contributed by atoms with E-state index in [0.717, 1.165) is 16.5 Å². The Bertz CT molecular complexity index is 1290. The van der Waals surface area contributed by atoms with Crippen LogP contribution < -0.4 is 10.7 Å². The second-order valence-electron chi connectivity index (χ2n) is 6.37. The summed E-state index contributed by atoms with van der Waals surface area (Å²) in [5.74, 6) is -1.29. The fourth-order valence-electron chi connectivity index (χ4n) is 2.98. The second-order valence-corrected chi connectivity index (χ2v) is 7.42. The van der Waals surface area contributed by atoms with Crippen molar-refractivity contribution in [3.8, 4) is 10.4 Å². The highest BCUT2D eigenvalue weighted by atomic mass is 32.1. The number of ether oxygens (including phenoxy) is 1. The van der Waals surface area contributed by atoms with Crippen molar-refractivity contribution in [1.82, 2.24) is 0 Å². The number of fused-ring (bicyclic) bond motifs is 1. The van der Waals surface area contributed by atoms with Crippen molar-refractivity contribution in [3.05, 3.63) is 87.6 Å². The van der Waals surface area contributed by atoms with Crippen LogP contribution in [-0.2, 0) is 4.74 Å². The maximum absolute atomic E-state index is 12.8. The average Bonchev–Trinajstić information content (AvgIpc) is 3.18. The molecule has 0 bridgehead atoms. The summed E-state index contributed by atoms with van der Waals surface area (Å²) in [4.78, 5) is 38.6. The third-order valence-electron chi connectivity index (χ3n) is 4.36. The SMILES string of the molecule is CCOC(=O)c1sc(-c2ccccc2)cc1NC(=O)c1cc(=O)c2ccccc2o1. The Kier molecular flexibility index (Phi) is 5.45. The number of amides is 1. The van der Waals surface area contributed by atoms with Gasteiger partial charge in [-0.3, -0.25) is 9.59 Å². The Balaban J connectivity index is 1.71. The van der Waals surface area contributed by atoms with Crippen LogP contribution in [0.5, 0.6) is 0 Å². The average molecular weight is 419 g/mol. The van der Waals surface area contributed by atoms with Gasteiger partial charge in [-0.1, -0.05) is 42.5 Å². The number of nitrogens with one attached hydrogen (secondary N) is 1. The second kappa shape index (κ2) is 8.34. The number of para-hydroxylation sites is 1. The lowest BCUT2D eigenvalue weighted by atomic mass is 10.2. The molecule has 0 aliphatic rings. The van der Waals surface area contributed by atoms with Gasteiger partial charge in [-0.2, -0.15) is 0 Å². The number of esters is 1. The van der Waals surface area contributed by atoms with E-state index >= 15 is 0 Å². The highest BCUT2D eigenvalue weighted by Gasteiger charge is 2.21. The molecular weight excluding hydrogens is 402 g/mol. The summed E-state index contributed by atoms with van der Waals surface area (Å²) in [6, 6.07) is 19.1. The van der Waals surface area contributed by atoms with Crippen molar-refractivity contribution in [2.75, 3.05) is 11.9 Å². The molecule has 7 heteroatoms. The van der Waals surface area contributed by atoms with Gasteiger partial charge in [-0.25, -0.2) is 4.79 Å². The Hall–Kier alpha value is -3.71. The number of carbonyl (C=O) groups is 2. The maximum Gasteiger partial charge on any atom is 0.350 e. The highest BCUT2D eigenvalue weighted by molar-refractivity contribution is 7.18. The van der Waals surface area contributed by atoms with Crippen LogP contribution in [0.15, 0.2) is 75.9 Å². The van der Waals surface area contributed by atoms with Gasteiger partial charge in [0.05, 0.1) is 17.7 Å². The third kappa shape index (κ3) is 3.88. The first-order valence-electron chi connectivity index (χ1n) is 9.27. The molecule has 2 aromatic heterocycles. The van der Waals surface area contributed by atoms with Crippen LogP contribution in [0, 0.1) is 0 Å². The largest absolute Gasteiger partial charge is 0.462 e. The number of thiophene rings is 1. The quantitative estimate of drug-likeness (QED) is 0.463. The summed E-state index contributed by atoms with van der Waals surface area (Å²) in [6.45, 7) is 1.93. The molecule has 0 saturated carbocycles. The molecule has 2 aromatic carbocycles. The summed E-state index contributed by atoms with van der Waals surface area (Å²) in [6.07, 6.45) is 0. The van der Waals surface area contributed by atoms with Crippen LogP contribution in [0.3, 0.4) is 0 Å². The van der Waals surface area contributed by atoms with Gasteiger partial charge in [0.1, 0.15) is 10.5 Å². The molecule has 0 spiro atoms. The Morgan fingerprint density at radius 3 is 2.53 bits per heavy atom. The maximum atomic E-state index is 12.8. The van der Waals surface area contributed by atoms with Crippen molar-refractivity contribution < 1.29 is 18.7 Å². The minimum atomic E-state index is -0.624. The molecule has 4 aromatic rings. The fraction of sp³-hybridized carbons (Fsp3) is 0.0870. The number of carbonyl (C=O) groups excluding carboxylic acids is 2. The molecule has 0 atom stereocenters. The third-order valence-corrected chi connectivity index (χ3v) is 5.52. The van der Waals surface area contributed by atoms with E-state index in [1.54, 1.807) is 37.3 Å². The normalized spacial score (nSPS) is 10.7. The van der Waals surface area contributed by atoms with Gasteiger partial charge in [0.15, 0.2) is 11.2 Å². The topological polar surface area (TPSA) is 85.6 Å². The molecule has 4 rings (SSSR count). The van der Waals surface area contributed by atoms with Crippen molar-refractivity contribution in [1.29, 1.82) is 0 Å². The van der Waals surface area contributed by atoms with Crippen LogP contribution in [0.4, 0.5) is 5.69 Å². The van der Waals surface area contributed by atoms with E-state index in [4.69, 9.17) is 9.15 Å². The summed E-state index contributed by atoms with van der Waals surface area (Å²) in [5.41, 5.74) is 1.21. The molecule has 0 saturated heterocycles. The van der Waals surface area contributed by atoms with Crippen LogP contribution in [0.2, 0.25) is 0 Å². The lowest BCUT2D eigenvalue weighted by molar-refractivity contribution is 0.0533. The van der Waals surface area contributed by atoms with Gasteiger partial charge < -0.3 is 14.5 Å². The van der Waals surface area contributed by atoms with Gasteiger partial charge in [-0.05, 0) is 30.7 Å². The van der Waals surface area contributed by atoms with E-state index in [2.05, 4.69) is 5.32 Å². The number of hydrogen-bond donors (Lipinski definition) is 1. The van der Waals surface area contributed by atoms with Crippen molar-refractivity contribution >= 4 is 39.9 Å². The molecule has 0 fully saturated rings. The predicted octanol–water partition coefficient (Wildman–Crippen LogP) is 4.95. The Labute approximate surface area is 175 Å². The van der Waals surface area contributed by atoms with Crippen molar-refractivity contribution in [2.45, 2.75) is 6.92 Å². The van der Waals surface area contributed by atoms with Crippen molar-refractivity contribution in [2.24, 2.45) is 0 Å². The molecule has 150 valence electrons. The summed E-state index contributed by atoms with van der Waals surface area (Å²) in [7, 11) is 0. The molecular formula is C23H17NO5S. The van der Waals surface area contributed by atoms with E-state index in [1.807, 2.05) is 30.3 Å². The van der Waals surface area contributed by atoms with Gasteiger partial charge in [0.2, 0.25) is 0 Å². The monoisotopic (exact) mass is 419 g/mol. The van der Waals surface area contributed by atoms with E-state index in [0.29, 0.717) is 16.7 Å². The fourth-order valence-corrected chi connectivity index (χ4v) is 3.99. The molecule has 1 amide bonds. The molecule has 2 heterocycles. The molecule has 0 aliphatic carbocycles. The number of hydrogen-bond acceptors (Lipinski definition) is 6. The minimum absolute atomic E-state index is 0.138. The molecule has 1 N–H and O–H groups in total. The Morgan fingerprint density at radius 2 is 1.77 bits per heavy atom. The minimum Gasteiger partial charge on any atom is -0.462 e. The zero-order valence-corrected chi connectivity index (χ0v) is 16.8. The van der Waals surface area contributed by atoms with Gasteiger partial charge in [0.25, 0.3) is 5.91 Å². The first-order chi connectivity index (χ1) is 14.6. The number of rotatable bonds is 5. The number of benzene rings is 2. The first-order valence-corrected chi connectivity index (χ1v) is 10.1. The van der Waals surface area contributed by atoms with Crippen molar-refractivity contribution in [3.63, 3.8) is 0 Å². The van der Waals surface area contributed by atoms with Crippen LogP contribution >= 0.6 is 11.3 Å². The van der Waals surface area contributed by atoms with Gasteiger partial charge >= 0.3 is 5.97 Å². The standard InChI is InChI=1S/C23H17NO5S/c1-2-28-23(27)21-16(12-20(30-21)14-8-4-3-5-9-14)24-22(26)19-13-17(25)15-10-6-7-11-18(15)29-19/h3-13H,2H2,1H3,(H,24,26). The van der Waals surface area contributed by atoms with Gasteiger partial charge in [0, 0.05) is 10.9 Å². The Morgan fingerprint density at radius 1 is 1.03 bits per heavy atom. The molecule has 0 unspecified atom stereocenters. The zero-order valence-electron chi connectivity index (χ0n) is 16.0. The lowest BCUT2D eigenvalue weighted by Gasteiger charge is -2.06. The molecule has 0 radical (unpaired) electrons. The van der Waals surface area contributed by atoms with Crippen LogP contribution in [0.1, 0.15) is 27.2 Å². The van der Waals surface area contributed by atoms with Crippen LogP contribution in [-0.4, -0.2) is 18.5 Å². The lowest BCUT2D eigenvalue weighted by Crippen LogP contribution is -2.16. The van der Waals surface area contributed by atoms with E-state index in [9.17, 15) is 14.4 Å².